The van der Waals surface area contributed by atoms with Gasteiger partial charge in [0.2, 0.25) is 5.95 Å². The number of halogens is 2. The summed E-state index contributed by atoms with van der Waals surface area (Å²) in [6.45, 7) is 4.43. The van der Waals surface area contributed by atoms with Crippen LogP contribution in [0.25, 0.3) is 22.5 Å². The Bertz CT molecular complexity index is 1350. The summed E-state index contributed by atoms with van der Waals surface area (Å²) in [6, 6.07) is 8.22. The lowest BCUT2D eigenvalue weighted by Gasteiger charge is -2.56. The molecular formula is C29H33F2N5OS. The van der Waals surface area contributed by atoms with Crippen molar-refractivity contribution in [1.82, 2.24) is 20.2 Å². The number of phenolic OH excluding ortho intramolecular Hbond substituents is 1. The molecule has 2 heterocycles. The minimum absolute atomic E-state index is 0.0243. The van der Waals surface area contributed by atoms with Crippen molar-refractivity contribution in [2.75, 3.05) is 11.2 Å². The van der Waals surface area contributed by atoms with Crippen molar-refractivity contribution >= 4 is 17.6 Å². The first-order valence-electron chi connectivity index (χ1n) is 13.4. The maximum atomic E-state index is 16.1. The molecule has 1 aromatic carbocycles. The lowest BCUT2D eigenvalue weighted by molar-refractivity contribution is -0.0554. The first kappa shape index (κ1) is 25.5. The van der Waals surface area contributed by atoms with Gasteiger partial charge in [-0.3, -0.25) is 0 Å². The lowest BCUT2D eigenvalue weighted by Crippen LogP contribution is -2.58. The van der Waals surface area contributed by atoms with Gasteiger partial charge in [0.1, 0.15) is 11.9 Å². The van der Waals surface area contributed by atoms with E-state index in [1.165, 1.54) is 17.8 Å². The highest BCUT2D eigenvalue weighted by Gasteiger charge is 2.56. The van der Waals surface area contributed by atoms with Crippen LogP contribution in [0.5, 0.6) is 5.75 Å². The van der Waals surface area contributed by atoms with E-state index >= 15 is 4.39 Å². The van der Waals surface area contributed by atoms with Crippen LogP contribution in [0.15, 0.2) is 41.6 Å². The Morgan fingerprint density at radius 3 is 2.58 bits per heavy atom. The van der Waals surface area contributed by atoms with Gasteiger partial charge in [-0.2, -0.15) is 4.39 Å². The van der Waals surface area contributed by atoms with Crippen molar-refractivity contribution in [3.8, 4) is 28.3 Å². The Kier molecular flexibility index (Phi) is 6.32. The van der Waals surface area contributed by atoms with Gasteiger partial charge in [-0.05, 0) is 79.5 Å². The number of rotatable bonds is 6. The summed E-state index contributed by atoms with van der Waals surface area (Å²) < 4.78 is 30.0. The molecule has 0 saturated heterocycles. The summed E-state index contributed by atoms with van der Waals surface area (Å²) in [5, 5.41) is 20.2. The third-order valence-corrected chi connectivity index (χ3v) is 9.36. The van der Waals surface area contributed by atoms with Crippen LogP contribution in [0, 0.1) is 16.8 Å². The quantitative estimate of drug-likeness (QED) is 0.273. The van der Waals surface area contributed by atoms with Crippen LogP contribution in [0.3, 0.4) is 0 Å². The number of pyridine rings is 1. The molecule has 3 aliphatic rings. The maximum absolute atomic E-state index is 16.1. The summed E-state index contributed by atoms with van der Waals surface area (Å²) in [5.74, 6) is 0.294. The molecule has 3 fully saturated rings. The number of alkyl halides is 1. The molecule has 0 spiro atoms. The number of hydrogen-bond acceptors (Lipinski definition) is 7. The number of fused-ring (bicyclic) bond motifs is 2. The zero-order valence-corrected chi connectivity index (χ0v) is 22.8. The van der Waals surface area contributed by atoms with Gasteiger partial charge in [-0.25, -0.2) is 14.4 Å². The van der Waals surface area contributed by atoms with Gasteiger partial charge < -0.3 is 10.0 Å². The number of phenols is 1. The zero-order chi connectivity index (χ0) is 26.7. The smallest absolute Gasteiger partial charge is 0.214 e. The van der Waals surface area contributed by atoms with E-state index in [9.17, 15) is 9.50 Å². The molecular weight excluding hydrogens is 504 g/mol. The zero-order valence-electron chi connectivity index (χ0n) is 22.0. The first-order valence-corrected chi connectivity index (χ1v) is 14.6. The molecule has 200 valence electrons. The first-order chi connectivity index (χ1) is 18.2. The van der Waals surface area contributed by atoms with Crippen molar-refractivity contribution in [3.05, 3.63) is 42.5 Å². The van der Waals surface area contributed by atoms with Gasteiger partial charge in [0, 0.05) is 17.5 Å². The van der Waals surface area contributed by atoms with Gasteiger partial charge in [-0.1, -0.05) is 26.3 Å². The van der Waals surface area contributed by atoms with E-state index in [2.05, 4.69) is 38.9 Å². The highest BCUT2D eigenvalue weighted by Crippen LogP contribution is 2.58. The number of anilines is 1. The average molecular weight is 538 g/mol. The molecule has 38 heavy (non-hydrogen) atoms. The number of benzene rings is 1. The molecule has 0 radical (unpaired) electrons. The van der Waals surface area contributed by atoms with Gasteiger partial charge in [0.25, 0.3) is 0 Å². The van der Waals surface area contributed by atoms with Crippen molar-refractivity contribution in [2.24, 2.45) is 10.8 Å². The van der Waals surface area contributed by atoms with Gasteiger partial charge in [-0.15, -0.1) is 22.0 Å². The largest absolute Gasteiger partial charge is 0.507 e. The molecule has 0 unspecified atom stereocenters. The van der Waals surface area contributed by atoms with Gasteiger partial charge >= 0.3 is 0 Å². The molecule has 0 aliphatic heterocycles. The Balaban J connectivity index is 1.28. The standard InChI is InChI=1S/C29H33F2N5OS/c1-28-9-4-10-29(2,16-28)26(31)21(14-28)36(19-6-7-19)24-15-32-27(35-34-24)20-8-5-17(11-22(20)37)18-12-23(30)33-25(13-18)38-3/h5,8,11-13,15,19,21,26,37H,4,6-7,9-10,14,16H2,1-3H3/t21-,26-,28-,29-/m0/s1. The van der Waals surface area contributed by atoms with Crippen LogP contribution >= 0.6 is 11.8 Å². The molecule has 3 aliphatic carbocycles. The second-order valence-corrected chi connectivity index (χ2v) is 12.7. The topological polar surface area (TPSA) is 75.0 Å². The second-order valence-electron chi connectivity index (χ2n) is 11.9. The molecule has 3 saturated carbocycles. The highest BCUT2D eigenvalue weighted by atomic mass is 32.2. The molecule has 2 bridgehead atoms. The normalized spacial score (nSPS) is 28.8. The fraction of sp³-hybridized carbons (Fsp3) is 0.517. The molecule has 9 heteroatoms. The van der Waals surface area contributed by atoms with Crippen molar-refractivity contribution in [3.63, 3.8) is 0 Å². The maximum Gasteiger partial charge on any atom is 0.214 e. The van der Waals surface area contributed by atoms with Crippen molar-refractivity contribution < 1.29 is 13.9 Å². The van der Waals surface area contributed by atoms with Crippen LogP contribution in [-0.4, -0.2) is 49.8 Å². The van der Waals surface area contributed by atoms with E-state index in [0.29, 0.717) is 27.5 Å². The third kappa shape index (κ3) is 4.63. The van der Waals surface area contributed by atoms with E-state index in [0.717, 1.165) is 44.9 Å². The van der Waals surface area contributed by atoms with E-state index in [1.54, 1.807) is 30.5 Å². The van der Waals surface area contributed by atoms with Crippen LogP contribution in [0.1, 0.15) is 58.8 Å². The Hall–Kier alpha value is -2.81. The number of aromatic nitrogens is 4. The summed E-state index contributed by atoms with van der Waals surface area (Å²) in [4.78, 5) is 10.5. The van der Waals surface area contributed by atoms with Gasteiger partial charge in [0.15, 0.2) is 11.6 Å². The van der Waals surface area contributed by atoms with Crippen LogP contribution in [0.2, 0.25) is 0 Å². The molecule has 0 amide bonds. The molecule has 6 rings (SSSR count). The summed E-state index contributed by atoms with van der Waals surface area (Å²) in [5.41, 5.74) is 1.56. The molecule has 2 aromatic heterocycles. The van der Waals surface area contributed by atoms with Crippen molar-refractivity contribution in [1.29, 1.82) is 0 Å². The molecule has 3 aromatic rings. The predicted molar refractivity (Wildman–Crippen MR) is 145 cm³/mol. The number of thioether (sulfide) groups is 1. The number of nitrogens with zero attached hydrogens (tertiary/aromatic N) is 5. The Labute approximate surface area is 226 Å². The van der Waals surface area contributed by atoms with Crippen LogP contribution in [-0.2, 0) is 0 Å². The minimum atomic E-state index is -0.917. The molecule has 4 atom stereocenters. The number of hydrogen-bond donors (Lipinski definition) is 1. The summed E-state index contributed by atoms with van der Waals surface area (Å²) in [6.07, 6.45) is 9.56. The summed E-state index contributed by atoms with van der Waals surface area (Å²) in [7, 11) is 0. The SMILES string of the molecule is CSc1cc(-c2ccc(-c3ncc(N(C4CC4)[C@H]4C[C@]5(C)CCC[C@@](C)(C5)[C@H]4F)nn3)c(O)c2)cc(F)n1. The van der Waals surface area contributed by atoms with Gasteiger partial charge in [0.05, 0.1) is 22.8 Å². The lowest BCUT2D eigenvalue weighted by atomic mass is 9.54. The Morgan fingerprint density at radius 1 is 1.08 bits per heavy atom. The second kappa shape index (κ2) is 9.43. The number of aromatic hydroxyl groups is 1. The van der Waals surface area contributed by atoms with Crippen LogP contribution in [0.4, 0.5) is 14.6 Å². The van der Waals surface area contributed by atoms with E-state index < -0.39 is 12.1 Å². The average Bonchev–Trinajstić information content (AvgIpc) is 3.72. The van der Waals surface area contributed by atoms with E-state index in [4.69, 9.17) is 0 Å². The van der Waals surface area contributed by atoms with E-state index in [-0.39, 0.29) is 34.5 Å². The third-order valence-electron chi connectivity index (χ3n) is 8.73. The van der Waals surface area contributed by atoms with Crippen LogP contribution < -0.4 is 4.90 Å². The minimum Gasteiger partial charge on any atom is -0.507 e. The summed E-state index contributed by atoms with van der Waals surface area (Å²) >= 11 is 1.35. The Morgan fingerprint density at radius 2 is 1.89 bits per heavy atom. The van der Waals surface area contributed by atoms with Crippen molar-refractivity contribution in [2.45, 2.75) is 82.1 Å². The monoisotopic (exact) mass is 537 g/mol. The van der Waals surface area contributed by atoms with E-state index in [1.807, 2.05) is 6.26 Å². The molecule has 6 nitrogen and oxygen atoms in total. The fourth-order valence-electron chi connectivity index (χ4n) is 6.93. The predicted octanol–water partition coefficient (Wildman–Crippen LogP) is 6.83. The highest BCUT2D eigenvalue weighted by molar-refractivity contribution is 7.98. The fourth-order valence-corrected chi connectivity index (χ4v) is 7.35. The molecule has 1 N–H and O–H groups in total.